The average molecular weight is 141 g/mol. The van der Waals surface area contributed by atoms with Crippen LogP contribution in [-0.2, 0) is 0 Å². The van der Waals surface area contributed by atoms with E-state index < -0.39 is 6.09 Å². The molecule has 54 valence electrons. The van der Waals surface area contributed by atoms with Gasteiger partial charge in [0.2, 0.25) is 0 Å². The lowest BCUT2D eigenvalue weighted by atomic mass is 10.5. The standard InChI is InChI=1S/C5H5N.CH3NO2/c1-2-4-6-5-3-1;2-1(3)4/h1-5H;2H2,(H,3,4)/i2D;. The van der Waals surface area contributed by atoms with Crippen LogP contribution in [0.3, 0.4) is 0 Å². The molecule has 0 spiro atoms. The van der Waals surface area contributed by atoms with Gasteiger partial charge in [-0.05, 0) is 12.1 Å². The third kappa shape index (κ3) is 9.65. The summed E-state index contributed by atoms with van der Waals surface area (Å²) in [6, 6.07) is 3.89. The summed E-state index contributed by atoms with van der Waals surface area (Å²) in [6.07, 6.45) is 1.82. The Hall–Kier alpha value is -1.58. The lowest BCUT2D eigenvalue weighted by Crippen LogP contribution is -2.03. The normalized spacial score (nSPS) is 8.60. The third-order valence-electron chi connectivity index (χ3n) is 0.514. The van der Waals surface area contributed by atoms with Crippen molar-refractivity contribution in [1.82, 2.24) is 4.98 Å². The molecule has 4 heteroatoms. The fourth-order valence-corrected chi connectivity index (χ4v) is 0.277. The molecule has 0 radical (unpaired) electrons. The molecule has 1 aromatic rings. The summed E-state index contributed by atoms with van der Waals surface area (Å²) in [4.78, 5) is 12.5. The molecule has 1 rings (SSSR count). The SMILES string of the molecule is NC(=O)O.[2H]c1cccnc1. The van der Waals surface area contributed by atoms with E-state index in [0.29, 0.717) is 6.04 Å². The predicted octanol–water partition coefficient (Wildman–Crippen LogP) is 0.705. The Morgan fingerprint density at radius 1 is 1.60 bits per heavy atom. The summed E-state index contributed by atoms with van der Waals surface area (Å²) in [6.45, 7) is 0. The van der Waals surface area contributed by atoms with Gasteiger partial charge in [0.05, 0.1) is 1.37 Å². The minimum Gasteiger partial charge on any atom is -0.465 e. The smallest absolute Gasteiger partial charge is 0.402 e. The maximum atomic E-state index is 8.78. The number of nitrogens with two attached hydrogens (primary N) is 1. The molecule has 0 aliphatic carbocycles. The molecule has 1 aromatic heterocycles. The Bertz CT molecular complexity index is 211. The number of hydrogen-bond donors (Lipinski definition) is 2. The van der Waals surface area contributed by atoms with E-state index in [4.69, 9.17) is 11.3 Å². The van der Waals surface area contributed by atoms with Crippen LogP contribution in [0.5, 0.6) is 0 Å². The van der Waals surface area contributed by atoms with Crippen LogP contribution in [0.4, 0.5) is 4.79 Å². The van der Waals surface area contributed by atoms with Crippen LogP contribution in [0.1, 0.15) is 1.37 Å². The Morgan fingerprint density at radius 2 is 2.20 bits per heavy atom. The zero-order chi connectivity index (χ0) is 8.69. The molecule has 0 unspecified atom stereocenters. The summed E-state index contributed by atoms with van der Waals surface area (Å²) < 4.78 is 6.93. The summed E-state index contributed by atoms with van der Waals surface area (Å²) in [5.41, 5.74) is 4.03. The average Bonchev–Trinajstić information content (AvgIpc) is 1.87. The minimum atomic E-state index is -1.33. The molecule has 0 fully saturated rings. The minimum absolute atomic E-state index is 0.461. The van der Waals surface area contributed by atoms with Crippen LogP contribution >= 0.6 is 0 Å². The van der Waals surface area contributed by atoms with Gasteiger partial charge in [0.1, 0.15) is 0 Å². The first-order valence-corrected chi connectivity index (χ1v) is 2.48. The fourth-order valence-electron chi connectivity index (χ4n) is 0.277. The van der Waals surface area contributed by atoms with Gasteiger partial charge in [0.15, 0.2) is 0 Å². The number of carboxylic acid groups (broad SMARTS) is 1. The first-order chi connectivity index (χ1) is 5.13. The van der Waals surface area contributed by atoms with Gasteiger partial charge in [0, 0.05) is 12.4 Å². The number of amides is 1. The molecule has 0 aromatic carbocycles. The highest BCUT2D eigenvalue weighted by molar-refractivity contribution is 5.61. The summed E-state index contributed by atoms with van der Waals surface area (Å²) >= 11 is 0. The van der Waals surface area contributed by atoms with E-state index in [1.165, 1.54) is 6.20 Å². The maximum absolute atomic E-state index is 8.78. The third-order valence-corrected chi connectivity index (χ3v) is 0.514. The van der Waals surface area contributed by atoms with Crippen molar-refractivity contribution in [2.45, 2.75) is 0 Å². The zero-order valence-corrected chi connectivity index (χ0v) is 5.19. The second-order valence-electron chi connectivity index (χ2n) is 1.29. The van der Waals surface area contributed by atoms with Crippen molar-refractivity contribution in [3.8, 4) is 0 Å². The lowest BCUT2D eigenvalue weighted by Gasteiger charge is -1.70. The summed E-state index contributed by atoms with van der Waals surface area (Å²) in [7, 11) is 0. The Balaban J connectivity index is 0.000000218. The Labute approximate surface area is 59.7 Å². The second-order valence-corrected chi connectivity index (χ2v) is 1.29. The van der Waals surface area contributed by atoms with Crippen LogP contribution < -0.4 is 5.73 Å². The van der Waals surface area contributed by atoms with E-state index in [2.05, 4.69) is 10.7 Å². The molecule has 0 atom stereocenters. The van der Waals surface area contributed by atoms with Crippen LogP contribution in [0.25, 0.3) is 0 Å². The molecule has 1 heterocycles. The Morgan fingerprint density at radius 3 is 2.40 bits per heavy atom. The Kier molecular flexibility index (Phi) is 3.63. The van der Waals surface area contributed by atoms with E-state index in [1.807, 2.05) is 0 Å². The lowest BCUT2D eigenvalue weighted by molar-refractivity contribution is 0.205. The van der Waals surface area contributed by atoms with Crippen LogP contribution in [0, 0.1) is 0 Å². The molecule has 4 nitrogen and oxygen atoms in total. The summed E-state index contributed by atoms with van der Waals surface area (Å²) in [5.74, 6) is 0. The van der Waals surface area contributed by atoms with Crippen molar-refractivity contribution in [3.05, 3.63) is 30.6 Å². The fraction of sp³-hybridized carbons (Fsp3) is 0. The van der Waals surface area contributed by atoms with Crippen molar-refractivity contribution in [2.75, 3.05) is 0 Å². The van der Waals surface area contributed by atoms with Crippen molar-refractivity contribution >= 4 is 6.09 Å². The van der Waals surface area contributed by atoms with E-state index in [9.17, 15) is 0 Å². The highest BCUT2D eigenvalue weighted by atomic mass is 16.4. The van der Waals surface area contributed by atoms with Gasteiger partial charge in [-0.15, -0.1) is 0 Å². The molecule has 10 heavy (non-hydrogen) atoms. The highest BCUT2D eigenvalue weighted by Gasteiger charge is 1.65. The van der Waals surface area contributed by atoms with Gasteiger partial charge in [-0.3, -0.25) is 4.98 Å². The summed E-state index contributed by atoms with van der Waals surface area (Å²) in [5, 5.41) is 7.19. The van der Waals surface area contributed by atoms with Gasteiger partial charge in [0.25, 0.3) is 0 Å². The number of primary amides is 1. The van der Waals surface area contributed by atoms with Gasteiger partial charge in [-0.2, -0.15) is 0 Å². The van der Waals surface area contributed by atoms with Gasteiger partial charge in [-0.25, -0.2) is 4.79 Å². The van der Waals surface area contributed by atoms with E-state index >= 15 is 0 Å². The number of nitrogens with zero attached hydrogens (tertiary/aromatic N) is 1. The molecule has 1 amide bonds. The number of rotatable bonds is 0. The predicted molar refractivity (Wildman–Crippen MR) is 36.4 cm³/mol. The van der Waals surface area contributed by atoms with E-state index in [-0.39, 0.29) is 0 Å². The van der Waals surface area contributed by atoms with Crippen LogP contribution in [-0.4, -0.2) is 16.2 Å². The molecule has 3 N–H and O–H groups in total. The quantitative estimate of drug-likeness (QED) is 0.558. The number of carbonyl (C=O) groups is 1. The monoisotopic (exact) mass is 141 g/mol. The van der Waals surface area contributed by atoms with Gasteiger partial charge in [-0.1, -0.05) is 6.07 Å². The van der Waals surface area contributed by atoms with Crippen molar-refractivity contribution in [1.29, 1.82) is 0 Å². The molecular weight excluding hydrogens is 132 g/mol. The maximum Gasteiger partial charge on any atom is 0.402 e. The van der Waals surface area contributed by atoms with Crippen LogP contribution in [0.2, 0.25) is 0 Å². The number of pyridine rings is 1. The first kappa shape index (κ1) is 6.54. The largest absolute Gasteiger partial charge is 0.465 e. The topological polar surface area (TPSA) is 76.2 Å². The molecule has 0 bridgehead atoms. The van der Waals surface area contributed by atoms with E-state index in [1.54, 1.807) is 18.3 Å². The van der Waals surface area contributed by atoms with Crippen molar-refractivity contribution in [3.63, 3.8) is 0 Å². The molecule has 0 aliphatic rings. The highest BCUT2D eigenvalue weighted by Crippen LogP contribution is 1.73. The van der Waals surface area contributed by atoms with E-state index in [0.717, 1.165) is 0 Å². The first-order valence-electron chi connectivity index (χ1n) is 2.98. The van der Waals surface area contributed by atoms with Crippen molar-refractivity contribution in [2.24, 2.45) is 5.73 Å². The molecule has 0 saturated heterocycles. The van der Waals surface area contributed by atoms with Crippen LogP contribution in [0.15, 0.2) is 30.6 Å². The second kappa shape index (κ2) is 5.55. The van der Waals surface area contributed by atoms with Crippen molar-refractivity contribution < 1.29 is 11.3 Å². The van der Waals surface area contributed by atoms with Gasteiger partial charge < -0.3 is 10.8 Å². The zero-order valence-electron chi connectivity index (χ0n) is 6.19. The number of hydrogen-bond acceptors (Lipinski definition) is 2. The molecular formula is C6H8N2O2. The number of aromatic nitrogens is 1. The van der Waals surface area contributed by atoms with Gasteiger partial charge >= 0.3 is 6.09 Å². The molecule has 0 aliphatic heterocycles. The molecule has 0 saturated carbocycles.